The number of benzene rings is 2. The van der Waals surface area contributed by atoms with Crippen LogP contribution in [0.5, 0.6) is 5.75 Å². The molecule has 3 rings (SSSR count). The summed E-state index contributed by atoms with van der Waals surface area (Å²) in [6.45, 7) is 2.01. The van der Waals surface area contributed by atoms with Gasteiger partial charge < -0.3 is 9.72 Å². The first-order valence-electron chi connectivity index (χ1n) is 5.97. The number of fused-ring (bicyclic) bond motifs is 1. The monoisotopic (exact) mass is 256 g/mol. The predicted octanol–water partition coefficient (Wildman–Crippen LogP) is 3.69. The highest BCUT2D eigenvalue weighted by atomic mass is 19.1. The second kappa shape index (κ2) is 4.39. The van der Waals surface area contributed by atoms with Gasteiger partial charge in [-0.2, -0.15) is 0 Å². The highest BCUT2D eigenvalue weighted by Gasteiger charge is 2.11. The van der Waals surface area contributed by atoms with Crippen LogP contribution < -0.4 is 4.74 Å². The Morgan fingerprint density at radius 2 is 2.00 bits per heavy atom. The molecule has 0 amide bonds. The molecule has 0 aliphatic carbocycles. The number of halogens is 1. The summed E-state index contributed by atoms with van der Waals surface area (Å²) in [6.07, 6.45) is 0. The van der Waals surface area contributed by atoms with Gasteiger partial charge in [-0.1, -0.05) is 11.6 Å². The topological polar surface area (TPSA) is 37.9 Å². The predicted molar refractivity (Wildman–Crippen MR) is 72.8 cm³/mol. The standard InChI is InChI=1S/C15H13FN2O/c1-9-3-6-14(19-2)11(7-9)15-17-12-5-4-10(16)8-13(12)18-15/h3-8H,1-2H3,(H,17,18). The first kappa shape index (κ1) is 11.7. The molecule has 96 valence electrons. The average Bonchev–Trinajstić information content (AvgIpc) is 2.81. The van der Waals surface area contributed by atoms with Crippen molar-refractivity contribution in [1.29, 1.82) is 0 Å². The van der Waals surface area contributed by atoms with Crippen molar-refractivity contribution in [2.75, 3.05) is 7.11 Å². The Bertz CT molecular complexity index is 749. The fraction of sp³-hybridized carbons (Fsp3) is 0.133. The minimum Gasteiger partial charge on any atom is -0.496 e. The normalized spacial score (nSPS) is 10.9. The summed E-state index contributed by atoms with van der Waals surface area (Å²) in [5.74, 6) is 1.14. The number of nitrogens with one attached hydrogen (secondary N) is 1. The number of aromatic nitrogens is 2. The molecule has 3 nitrogen and oxygen atoms in total. The lowest BCUT2D eigenvalue weighted by molar-refractivity contribution is 0.416. The second-order valence-corrected chi connectivity index (χ2v) is 4.45. The number of hydrogen-bond acceptors (Lipinski definition) is 2. The number of aromatic amines is 1. The van der Waals surface area contributed by atoms with Crippen LogP contribution in [0.4, 0.5) is 4.39 Å². The molecule has 19 heavy (non-hydrogen) atoms. The third kappa shape index (κ3) is 2.05. The Balaban J connectivity index is 2.21. The van der Waals surface area contributed by atoms with Crippen molar-refractivity contribution < 1.29 is 9.13 Å². The van der Waals surface area contributed by atoms with Gasteiger partial charge in [-0.25, -0.2) is 9.37 Å². The molecule has 0 aliphatic heterocycles. The summed E-state index contributed by atoms with van der Waals surface area (Å²) >= 11 is 0. The molecule has 0 aliphatic rings. The number of H-pyrrole nitrogens is 1. The minimum absolute atomic E-state index is 0.279. The maximum Gasteiger partial charge on any atom is 0.142 e. The third-order valence-electron chi connectivity index (χ3n) is 3.05. The van der Waals surface area contributed by atoms with E-state index < -0.39 is 0 Å². The molecule has 0 bridgehead atoms. The molecular formula is C15H13FN2O. The molecule has 0 radical (unpaired) electrons. The van der Waals surface area contributed by atoms with Gasteiger partial charge in [-0.15, -0.1) is 0 Å². The first-order chi connectivity index (χ1) is 9.17. The van der Waals surface area contributed by atoms with Crippen molar-refractivity contribution in [3.05, 3.63) is 47.8 Å². The second-order valence-electron chi connectivity index (χ2n) is 4.45. The van der Waals surface area contributed by atoms with Crippen LogP contribution in [0.2, 0.25) is 0 Å². The van der Waals surface area contributed by atoms with Crippen LogP contribution in [0.15, 0.2) is 36.4 Å². The third-order valence-corrected chi connectivity index (χ3v) is 3.05. The van der Waals surface area contributed by atoms with Crippen LogP contribution in [-0.4, -0.2) is 17.1 Å². The van der Waals surface area contributed by atoms with E-state index in [1.807, 2.05) is 25.1 Å². The van der Waals surface area contributed by atoms with Crippen LogP contribution in [0, 0.1) is 12.7 Å². The van der Waals surface area contributed by atoms with Gasteiger partial charge in [0.15, 0.2) is 0 Å². The maximum atomic E-state index is 13.2. The number of hydrogen-bond donors (Lipinski definition) is 1. The molecule has 3 aromatic rings. The lowest BCUT2D eigenvalue weighted by atomic mass is 10.1. The van der Waals surface area contributed by atoms with Crippen molar-refractivity contribution in [3.63, 3.8) is 0 Å². The van der Waals surface area contributed by atoms with Crippen molar-refractivity contribution in [1.82, 2.24) is 9.97 Å². The van der Waals surface area contributed by atoms with E-state index in [2.05, 4.69) is 9.97 Å². The summed E-state index contributed by atoms with van der Waals surface area (Å²) in [7, 11) is 1.62. The molecule has 1 heterocycles. The Hall–Kier alpha value is -2.36. The Morgan fingerprint density at radius 1 is 1.16 bits per heavy atom. The van der Waals surface area contributed by atoms with E-state index in [1.54, 1.807) is 13.2 Å². The van der Waals surface area contributed by atoms with Crippen molar-refractivity contribution in [2.45, 2.75) is 6.92 Å². The van der Waals surface area contributed by atoms with Crippen molar-refractivity contribution in [2.24, 2.45) is 0 Å². The number of nitrogens with zero attached hydrogens (tertiary/aromatic N) is 1. The van der Waals surface area contributed by atoms with Crippen LogP contribution in [-0.2, 0) is 0 Å². The molecule has 0 saturated carbocycles. The molecule has 0 atom stereocenters. The van der Waals surface area contributed by atoms with Crippen LogP contribution in [0.1, 0.15) is 5.56 Å². The zero-order chi connectivity index (χ0) is 13.4. The molecule has 4 heteroatoms. The van der Waals surface area contributed by atoms with E-state index in [9.17, 15) is 4.39 Å². The fourth-order valence-corrected chi connectivity index (χ4v) is 2.12. The molecule has 2 aromatic carbocycles. The van der Waals surface area contributed by atoms with Gasteiger partial charge in [-0.05, 0) is 37.3 Å². The summed E-state index contributed by atoms with van der Waals surface area (Å²) in [5.41, 5.74) is 3.40. The molecule has 0 unspecified atom stereocenters. The molecule has 0 fully saturated rings. The summed E-state index contributed by atoms with van der Waals surface area (Å²) in [6, 6.07) is 10.4. The fourth-order valence-electron chi connectivity index (χ4n) is 2.12. The van der Waals surface area contributed by atoms with Gasteiger partial charge in [0.2, 0.25) is 0 Å². The largest absolute Gasteiger partial charge is 0.496 e. The lowest BCUT2D eigenvalue weighted by Gasteiger charge is -2.06. The maximum absolute atomic E-state index is 13.2. The Morgan fingerprint density at radius 3 is 2.79 bits per heavy atom. The Kier molecular flexibility index (Phi) is 2.71. The number of rotatable bonds is 2. The molecule has 0 saturated heterocycles. The zero-order valence-corrected chi connectivity index (χ0v) is 10.7. The molecule has 0 spiro atoms. The van der Waals surface area contributed by atoms with Gasteiger partial charge >= 0.3 is 0 Å². The minimum atomic E-state index is -0.279. The summed E-state index contributed by atoms with van der Waals surface area (Å²) in [4.78, 5) is 7.60. The van der Waals surface area contributed by atoms with E-state index in [0.717, 1.165) is 22.4 Å². The molecule has 1 N–H and O–H groups in total. The summed E-state index contributed by atoms with van der Waals surface area (Å²) < 4.78 is 18.5. The smallest absolute Gasteiger partial charge is 0.142 e. The number of methoxy groups -OCH3 is 1. The number of ether oxygens (including phenoxy) is 1. The van der Waals surface area contributed by atoms with Gasteiger partial charge in [0.25, 0.3) is 0 Å². The van der Waals surface area contributed by atoms with E-state index in [-0.39, 0.29) is 5.82 Å². The van der Waals surface area contributed by atoms with Crippen LogP contribution in [0.25, 0.3) is 22.4 Å². The van der Waals surface area contributed by atoms with Gasteiger partial charge in [0.05, 0.1) is 23.7 Å². The number of aryl methyl sites for hydroxylation is 1. The van der Waals surface area contributed by atoms with Crippen molar-refractivity contribution in [3.8, 4) is 17.1 Å². The van der Waals surface area contributed by atoms with E-state index in [1.165, 1.54) is 12.1 Å². The van der Waals surface area contributed by atoms with E-state index in [0.29, 0.717) is 11.3 Å². The molecule has 1 aromatic heterocycles. The first-order valence-corrected chi connectivity index (χ1v) is 5.97. The van der Waals surface area contributed by atoms with Crippen molar-refractivity contribution >= 4 is 11.0 Å². The number of imidazole rings is 1. The summed E-state index contributed by atoms with van der Waals surface area (Å²) in [5, 5.41) is 0. The Labute approximate surface area is 110 Å². The SMILES string of the molecule is COc1ccc(C)cc1-c1nc2ccc(F)cc2[nH]1. The molecular weight excluding hydrogens is 243 g/mol. The van der Waals surface area contributed by atoms with Gasteiger partial charge in [0.1, 0.15) is 17.4 Å². The van der Waals surface area contributed by atoms with Gasteiger partial charge in [0, 0.05) is 0 Å². The quantitative estimate of drug-likeness (QED) is 0.759. The lowest BCUT2D eigenvalue weighted by Crippen LogP contribution is -1.90. The van der Waals surface area contributed by atoms with Crippen LogP contribution >= 0.6 is 0 Å². The zero-order valence-electron chi connectivity index (χ0n) is 10.7. The highest BCUT2D eigenvalue weighted by Crippen LogP contribution is 2.30. The van der Waals surface area contributed by atoms with Crippen LogP contribution in [0.3, 0.4) is 0 Å². The van der Waals surface area contributed by atoms with E-state index in [4.69, 9.17) is 4.74 Å². The highest BCUT2D eigenvalue weighted by molar-refractivity contribution is 5.80. The average molecular weight is 256 g/mol. The van der Waals surface area contributed by atoms with E-state index >= 15 is 0 Å². The van der Waals surface area contributed by atoms with Gasteiger partial charge in [-0.3, -0.25) is 0 Å².